The van der Waals surface area contributed by atoms with E-state index in [-0.39, 0.29) is 5.97 Å². The lowest BCUT2D eigenvalue weighted by Gasteiger charge is -2.26. The van der Waals surface area contributed by atoms with Crippen molar-refractivity contribution in [1.29, 1.82) is 0 Å². The van der Waals surface area contributed by atoms with Gasteiger partial charge in [-0.05, 0) is 43.9 Å². The van der Waals surface area contributed by atoms with Crippen LogP contribution in [0.5, 0.6) is 5.75 Å². The Hall–Kier alpha value is -2.01. The maximum atomic E-state index is 12.5. The number of hydrogen-bond donors (Lipinski definition) is 1. The summed E-state index contributed by atoms with van der Waals surface area (Å²) in [5.41, 5.74) is 1.26. The molecule has 2 aromatic rings. The molecular weight excluding hydrogens is 306 g/mol. The summed E-state index contributed by atoms with van der Waals surface area (Å²) in [6.45, 7) is 7.42. The fourth-order valence-corrected chi connectivity index (χ4v) is 3.38. The Morgan fingerprint density at radius 1 is 1.33 bits per heavy atom. The highest BCUT2D eigenvalue weighted by Crippen LogP contribution is 2.30. The van der Waals surface area contributed by atoms with E-state index >= 15 is 0 Å². The topological polar surface area (TPSA) is 53.1 Å². The molecule has 0 amide bonds. The smallest absolute Gasteiger partial charge is 0.342 e. The molecule has 0 aliphatic carbocycles. The van der Waals surface area contributed by atoms with Crippen LogP contribution in [0.4, 0.5) is 0 Å². The number of hydrogen-bond acceptors (Lipinski definition) is 4. The Balaban J connectivity index is 1.95. The molecule has 5 heteroatoms. The van der Waals surface area contributed by atoms with E-state index in [9.17, 15) is 4.79 Å². The summed E-state index contributed by atoms with van der Waals surface area (Å²) in [4.78, 5) is 14.0. The monoisotopic (exact) mass is 332 g/mol. The summed E-state index contributed by atoms with van der Waals surface area (Å²) in [6.07, 6.45) is 2.44. The zero-order valence-electron chi connectivity index (χ0n) is 14.7. The van der Waals surface area contributed by atoms with Gasteiger partial charge in [0.15, 0.2) is 5.76 Å². The maximum absolute atomic E-state index is 12.5. The van der Waals surface area contributed by atoms with Crippen molar-refractivity contribution in [3.8, 4) is 5.75 Å². The van der Waals surface area contributed by atoms with Gasteiger partial charge in [-0.15, -0.1) is 0 Å². The standard InChI is InChI=1S/C19H25NO4/c1-4-23-19(21)18-15-11-14(22-3)5-6-16(15)24-17(18)12-20-9-7-13(2)8-10-20/h5-6,11,13H,4,7-10,12H2,1-3H3/p+1. The lowest BCUT2D eigenvalue weighted by molar-refractivity contribution is -0.920. The van der Waals surface area contributed by atoms with Gasteiger partial charge < -0.3 is 18.8 Å². The first-order valence-corrected chi connectivity index (χ1v) is 8.72. The Kier molecular flexibility index (Phi) is 5.09. The Morgan fingerprint density at radius 2 is 2.08 bits per heavy atom. The first-order valence-electron chi connectivity index (χ1n) is 8.72. The van der Waals surface area contributed by atoms with E-state index in [2.05, 4.69) is 6.92 Å². The van der Waals surface area contributed by atoms with Gasteiger partial charge in [0.1, 0.15) is 23.4 Å². The maximum Gasteiger partial charge on any atom is 0.342 e. The molecule has 130 valence electrons. The average Bonchev–Trinajstić information content (AvgIpc) is 2.94. The molecular formula is C19H26NO4+. The average molecular weight is 332 g/mol. The number of carbonyl (C=O) groups excluding carboxylic acids is 1. The van der Waals surface area contributed by atoms with Crippen LogP contribution < -0.4 is 9.64 Å². The van der Waals surface area contributed by atoms with Crippen LogP contribution in [0.1, 0.15) is 42.8 Å². The first-order chi connectivity index (χ1) is 11.6. The fraction of sp³-hybridized carbons (Fsp3) is 0.526. The molecule has 1 aliphatic rings. The van der Waals surface area contributed by atoms with Gasteiger partial charge >= 0.3 is 5.97 Å². The number of piperidine rings is 1. The summed E-state index contributed by atoms with van der Waals surface area (Å²) >= 11 is 0. The summed E-state index contributed by atoms with van der Waals surface area (Å²) in [6, 6.07) is 5.55. The second-order valence-corrected chi connectivity index (χ2v) is 6.59. The molecule has 1 N–H and O–H groups in total. The molecule has 1 aromatic carbocycles. The number of ether oxygens (including phenoxy) is 2. The number of benzene rings is 1. The van der Waals surface area contributed by atoms with Gasteiger partial charge in [0.2, 0.25) is 0 Å². The third-order valence-electron chi connectivity index (χ3n) is 4.84. The van der Waals surface area contributed by atoms with E-state index in [1.807, 2.05) is 25.1 Å². The first kappa shape index (κ1) is 16.8. The minimum absolute atomic E-state index is 0.315. The highest BCUT2D eigenvalue weighted by atomic mass is 16.5. The number of furan rings is 1. The van der Waals surface area contributed by atoms with Crippen LogP contribution in [-0.4, -0.2) is 32.8 Å². The molecule has 1 aliphatic heterocycles. The predicted octanol–water partition coefficient (Wildman–Crippen LogP) is 2.43. The van der Waals surface area contributed by atoms with Gasteiger partial charge in [-0.25, -0.2) is 4.79 Å². The molecule has 0 unspecified atom stereocenters. The highest BCUT2D eigenvalue weighted by Gasteiger charge is 2.27. The number of methoxy groups -OCH3 is 1. The molecule has 2 heterocycles. The Labute approximate surface area is 142 Å². The van der Waals surface area contributed by atoms with Crippen molar-refractivity contribution in [3.63, 3.8) is 0 Å². The van der Waals surface area contributed by atoms with Gasteiger partial charge in [-0.2, -0.15) is 0 Å². The molecule has 1 fully saturated rings. The van der Waals surface area contributed by atoms with Gasteiger partial charge in [0, 0.05) is 5.39 Å². The molecule has 5 nitrogen and oxygen atoms in total. The van der Waals surface area contributed by atoms with Crippen molar-refractivity contribution < 1.29 is 23.6 Å². The molecule has 0 radical (unpaired) electrons. The van der Waals surface area contributed by atoms with Crippen molar-refractivity contribution in [3.05, 3.63) is 29.5 Å². The van der Waals surface area contributed by atoms with Crippen LogP contribution in [0, 0.1) is 5.92 Å². The summed E-state index contributed by atoms with van der Waals surface area (Å²) in [5, 5.41) is 0.771. The van der Waals surface area contributed by atoms with Gasteiger partial charge in [0.25, 0.3) is 0 Å². The van der Waals surface area contributed by atoms with Crippen molar-refractivity contribution in [2.75, 3.05) is 26.8 Å². The van der Waals surface area contributed by atoms with Crippen molar-refractivity contribution in [1.82, 2.24) is 0 Å². The lowest BCUT2D eigenvalue weighted by Crippen LogP contribution is -3.11. The molecule has 1 aromatic heterocycles. The van der Waals surface area contributed by atoms with Crippen LogP contribution in [0.2, 0.25) is 0 Å². The van der Waals surface area contributed by atoms with E-state index in [0.29, 0.717) is 23.5 Å². The van der Waals surface area contributed by atoms with Crippen molar-refractivity contribution >= 4 is 16.9 Å². The fourth-order valence-electron chi connectivity index (χ4n) is 3.38. The molecule has 0 atom stereocenters. The van der Waals surface area contributed by atoms with E-state index < -0.39 is 0 Å². The van der Waals surface area contributed by atoms with Crippen LogP contribution in [0.15, 0.2) is 22.6 Å². The third kappa shape index (κ3) is 3.41. The highest BCUT2D eigenvalue weighted by molar-refractivity contribution is 6.04. The van der Waals surface area contributed by atoms with Gasteiger partial charge in [-0.1, -0.05) is 6.92 Å². The number of fused-ring (bicyclic) bond motifs is 1. The van der Waals surface area contributed by atoms with Crippen LogP contribution in [-0.2, 0) is 11.3 Å². The van der Waals surface area contributed by atoms with Gasteiger partial charge in [0.05, 0.1) is 26.8 Å². The van der Waals surface area contributed by atoms with E-state index in [1.165, 1.54) is 17.7 Å². The van der Waals surface area contributed by atoms with Crippen molar-refractivity contribution in [2.24, 2.45) is 5.92 Å². The molecule has 0 spiro atoms. The number of rotatable bonds is 5. The van der Waals surface area contributed by atoms with Crippen molar-refractivity contribution in [2.45, 2.75) is 33.2 Å². The molecule has 3 rings (SSSR count). The molecule has 24 heavy (non-hydrogen) atoms. The van der Waals surface area contributed by atoms with E-state index in [1.54, 1.807) is 7.11 Å². The summed E-state index contributed by atoms with van der Waals surface area (Å²) in [7, 11) is 1.62. The number of carbonyl (C=O) groups is 1. The molecule has 0 saturated carbocycles. The minimum atomic E-state index is -0.315. The summed E-state index contributed by atoms with van der Waals surface area (Å²) < 4.78 is 16.6. The van der Waals surface area contributed by atoms with Crippen LogP contribution in [0.3, 0.4) is 0 Å². The Morgan fingerprint density at radius 3 is 2.75 bits per heavy atom. The SMILES string of the molecule is CCOC(=O)c1c(C[NH+]2CCC(C)CC2)oc2ccc(OC)cc12. The number of likely N-dealkylation sites (tertiary alicyclic amines) is 1. The molecule has 1 saturated heterocycles. The normalized spacial score (nSPS) is 21.0. The van der Waals surface area contributed by atoms with E-state index in [0.717, 1.165) is 36.7 Å². The summed E-state index contributed by atoms with van der Waals surface area (Å²) in [5.74, 6) is 1.91. The zero-order chi connectivity index (χ0) is 17.1. The van der Waals surface area contributed by atoms with Crippen LogP contribution >= 0.6 is 0 Å². The van der Waals surface area contributed by atoms with Gasteiger partial charge in [-0.3, -0.25) is 0 Å². The minimum Gasteiger partial charge on any atom is -0.497 e. The predicted molar refractivity (Wildman–Crippen MR) is 91.5 cm³/mol. The quantitative estimate of drug-likeness (QED) is 0.855. The third-order valence-corrected chi connectivity index (χ3v) is 4.84. The number of esters is 1. The number of nitrogens with one attached hydrogen (secondary N) is 1. The number of quaternary nitrogens is 1. The largest absolute Gasteiger partial charge is 0.497 e. The second-order valence-electron chi connectivity index (χ2n) is 6.59. The Bertz CT molecular complexity index is 713. The zero-order valence-corrected chi connectivity index (χ0v) is 14.7. The van der Waals surface area contributed by atoms with E-state index in [4.69, 9.17) is 13.9 Å². The molecule has 0 bridgehead atoms. The lowest BCUT2D eigenvalue weighted by atomic mass is 9.99. The van der Waals surface area contributed by atoms with Crippen LogP contribution in [0.25, 0.3) is 11.0 Å². The second kappa shape index (κ2) is 7.26.